The van der Waals surface area contributed by atoms with Gasteiger partial charge in [-0.25, -0.2) is 4.79 Å². The first-order chi connectivity index (χ1) is 12.1. The van der Waals surface area contributed by atoms with Crippen molar-refractivity contribution in [2.45, 2.75) is 44.6 Å². The molecule has 3 aliphatic rings. The van der Waals surface area contributed by atoms with Gasteiger partial charge in [0.15, 0.2) is 5.82 Å². The molecule has 132 valence electrons. The van der Waals surface area contributed by atoms with Crippen molar-refractivity contribution in [3.8, 4) is 0 Å². The Kier molecular flexibility index (Phi) is 4.15. The van der Waals surface area contributed by atoms with Crippen molar-refractivity contribution >= 4 is 6.09 Å². The molecule has 3 fully saturated rings. The summed E-state index contributed by atoms with van der Waals surface area (Å²) in [7, 11) is 1.43. The molecular weight excluding hydrogens is 320 g/mol. The molecule has 0 N–H and O–H groups in total. The van der Waals surface area contributed by atoms with Crippen molar-refractivity contribution in [3.63, 3.8) is 0 Å². The summed E-state index contributed by atoms with van der Waals surface area (Å²) in [6, 6.07) is 4.10. The van der Waals surface area contributed by atoms with Crippen molar-refractivity contribution in [2.75, 3.05) is 13.7 Å². The zero-order valence-corrected chi connectivity index (χ0v) is 14.5. The first-order valence-corrected chi connectivity index (χ1v) is 8.72. The zero-order chi connectivity index (χ0) is 17.4. The third-order valence-electron chi connectivity index (χ3n) is 5.33. The lowest BCUT2D eigenvalue weighted by atomic mass is 9.72. The summed E-state index contributed by atoms with van der Waals surface area (Å²) in [6.07, 6.45) is 5.27. The zero-order valence-electron chi connectivity index (χ0n) is 14.5. The number of ether oxygens (including phenoxy) is 1. The first-order valence-electron chi connectivity index (χ1n) is 8.72. The number of hydrogen-bond acceptors (Lipinski definition) is 6. The molecule has 2 aliphatic heterocycles. The monoisotopic (exact) mass is 342 g/mol. The Morgan fingerprint density at radius 3 is 3.00 bits per heavy atom. The highest BCUT2D eigenvalue weighted by atomic mass is 16.5. The van der Waals surface area contributed by atoms with Crippen LogP contribution in [-0.4, -0.2) is 45.8 Å². The van der Waals surface area contributed by atoms with Crippen LogP contribution in [0.3, 0.4) is 0 Å². The molecular formula is C18H22N4O3. The minimum absolute atomic E-state index is 0.101. The molecule has 3 unspecified atom stereocenters. The Hall–Kier alpha value is -2.44. The Balaban J connectivity index is 1.51. The Labute approximate surface area is 146 Å². The van der Waals surface area contributed by atoms with E-state index in [1.807, 2.05) is 30.2 Å². The van der Waals surface area contributed by atoms with E-state index in [9.17, 15) is 4.79 Å². The normalized spacial score (nSPS) is 25.2. The standard InChI is InChI=1S/C18H22N4O3/c1-11-3-4-12(9-19-11)8-16-20-17(21-25-16)14-7-13-5-6-15(14)22(10-13)18(23)24-2/h3-4,9,13-15H,5-8,10H2,1-2H3. The molecule has 7 nitrogen and oxygen atoms in total. The fourth-order valence-electron chi connectivity index (χ4n) is 4.07. The smallest absolute Gasteiger partial charge is 0.409 e. The van der Waals surface area contributed by atoms with Gasteiger partial charge in [-0.15, -0.1) is 0 Å². The van der Waals surface area contributed by atoms with Gasteiger partial charge in [-0.3, -0.25) is 4.98 Å². The number of aryl methyl sites for hydroxylation is 1. The number of fused-ring (bicyclic) bond motifs is 3. The number of carbonyl (C=O) groups is 1. The molecule has 2 saturated heterocycles. The van der Waals surface area contributed by atoms with Crippen LogP contribution in [-0.2, 0) is 11.2 Å². The Bertz CT molecular complexity index is 758. The molecule has 2 aromatic heterocycles. The molecule has 4 heterocycles. The highest BCUT2D eigenvalue weighted by Crippen LogP contribution is 2.43. The number of nitrogens with zero attached hydrogens (tertiary/aromatic N) is 4. The van der Waals surface area contributed by atoms with Crippen LogP contribution in [0.1, 0.15) is 48.2 Å². The molecule has 2 aromatic rings. The second kappa shape index (κ2) is 6.46. The van der Waals surface area contributed by atoms with Crippen LogP contribution in [0.25, 0.3) is 0 Å². The Morgan fingerprint density at radius 1 is 1.40 bits per heavy atom. The maximum absolute atomic E-state index is 12.0. The van der Waals surface area contributed by atoms with E-state index in [4.69, 9.17) is 9.26 Å². The van der Waals surface area contributed by atoms with E-state index in [1.54, 1.807) is 0 Å². The fourth-order valence-corrected chi connectivity index (χ4v) is 4.07. The predicted octanol–water partition coefficient (Wildman–Crippen LogP) is 2.70. The molecule has 1 amide bonds. The predicted molar refractivity (Wildman–Crippen MR) is 89.1 cm³/mol. The third-order valence-corrected chi connectivity index (χ3v) is 5.33. The lowest BCUT2D eigenvalue weighted by Crippen LogP contribution is -2.54. The van der Waals surface area contributed by atoms with Gasteiger partial charge in [0.05, 0.1) is 13.5 Å². The summed E-state index contributed by atoms with van der Waals surface area (Å²) in [5.41, 5.74) is 2.03. The van der Waals surface area contributed by atoms with E-state index < -0.39 is 0 Å². The van der Waals surface area contributed by atoms with Crippen LogP contribution in [0.4, 0.5) is 4.79 Å². The van der Waals surface area contributed by atoms with Gasteiger partial charge in [-0.1, -0.05) is 11.2 Å². The van der Waals surface area contributed by atoms with Gasteiger partial charge in [0, 0.05) is 30.4 Å². The largest absolute Gasteiger partial charge is 0.453 e. The summed E-state index contributed by atoms with van der Waals surface area (Å²) in [4.78, 5) is 22.8. The van der Waals surface area contributed by atoms with Crippen LogP contribution in [0.15, 0.2) is 22.9 Å². The lowest BCUT2D eigenvalue weighted by molar-refractivity contribution is 0.0235. The van der Waals surface area contributed by atoms with Gasteiger partial charge in [0.2, 0.25) is 5.89 Å². The quantitative estimate of drug-likeness (QED) is 0.853. The summed E-state index contributed by atoms with van der Waals surface area (Å²) in [5, 5.41) is 4.21. The highest BCUT2D eigenvalue weighted by Gasteiger charge is 2.45. The minimum Gasteiger partial charge on any atom is -0.453 e. The number of methoxy groups -OCH3 is 1. The van der Waals surface area contributed by atoms with Crippen molar-refractivity contribution in [3.05, 3.63) is 41.3 Å². The molecule has 0 radical (unpaired) electrons. The lowest BCUT2D eigenvalue weighted by Gasteiger charge is -2.48. The summed E-state index contributed by atoms with van der Waals surface area (Å²) >= 11 is 0. The molecule has 5 rings (SSSR count). The van der Waals surface area contributed by atoms with Gasteiger partial charge in [-0.2, -0.15) is 4.98 Å². The summed E-state index contributed by atoms with van der Waals surface area (Å²) in [5.74, 6) is 1.91. The molecule has 1 saturated carbocycles. The molecule has 0 aromatic carbocycles. The van der Waals surface area contributed by atoms with Crippen LogP contribution in [0, 0.1) is 12.8 Å². The molecule has 3 atom stereocenters. The number of piperidine rings is 2. The minimum atomic E-state index is -0.256. The maximum Gasteiger partial charge on any atom is 0.409 e. The summed E-state index contributed by atoms with van der Waals surface area (Å²) < 4.78 is 10.4. The molecule has 2 bridgehead atoms. The van der Waals surface area contributed by atoms with Gasteiger partial charge in [0.1, 0.15) is 0 Å². The van der Waals surface area contributed by atoms with Crippen LogP contribution < -0.4 is 0 Å². The average Bonchev–Trinajstić information content (AvgIpc) is 3.11. The topological polar surface area (TPSA) is 81.4 Å². The number of carbonyl (C=O) groups excluding carboxylic acids is 1. The van der Waals surface area contributed by atoms with Crippen molar-refractivity contribution in [1.82, 2.24) is 20.0 Å². The van der Waals surface area contributed by atoms with E-state index in [1.165, 1.54) is 7.11 Å². The SMILES string of the molecule is COC(=O)N1CC2CCC1C(c1noc(Cc3ccc(C)nc3)n1)C2. The van der Waals surface area contributed by atoms with Crippen LogP contribution >= 0.6 is 0 Å². The third kappa shape index (κ3) is 3.10. The number of hydrogen-bond donors (Lipinski definition) is 0. The highest BCUT2D eigenvalue weighted by molar-refractivity contribution is 5.68. The van der Waals surface area contributed by atoms with Crippen molar-refractivity contribution in [1.29, 1.82) is 0 Å². The van der Waals surface area contributed by atoms with E-state index >= 15 is 0 Å². The van der Waals surface area contributed by atoms with E-state index in [0.717, 1.165) is 37.1 Å². The molecule has 25 heavy (non-hydrogen) atoms. The molecule has 1 aliphatic carbocycles. The van der Waals surface area contributed by atoms with Crippen LogP contribution in [0.2, 0.25) is 0 Å². The fraction of sp³-hybridized carbons (Fsp3) is 0.556. The van der Waals surface area contributed by atoms with Crippen molar-refractivity contribution in [2.24, 2.45) is 5.92 Å². The van der Waals surface area contributed by atoms with Gasteiger partial charge in [-0.05, 0) is 43.7 Å². The number of amides is 1. The van der Waals surface area contributed by atoms with E-state index in [-0.39, 0.29) is 18.1 Å². The van der Waals surface area contributed by atoms with Gasteiger partial charge >= 0.3 is 6.09 Å². The second-order valence-corrected chi connectivity index (χ2v) is 7.01. The number of aromatic nitrogens is 3. The molecule has 0 spiro atoms. The van der Waals surface area contributed by atoms with Crippen molar-refractivity contribution < 1.29 is 14.1 Å². The Morgan fingerprint density at radius 2 is 2.28 bits per heavy atom. The summed E-state index contributed by atoms with van der Waals surface area (Å²) in [6.45, 7) is 2.73. The maximum atomic E-state index is 12.0. The van der Waals surface area contributed by atoms with Crippen LogP contribution in [0.5, 0.6) is 0 Å². The van der Waals surface area contributed by atoms with Gasteiger partial charge in [0.25, 0.3) is 0 Å². The molecule has 7 heteroatoms. The first kappa shape index (κ1) is 16.1. The number of rotatable bonds is 3. The van der Waals surface area contributed by atoms with E-state index in [2.05, 4.69) is 15.1 Å². The van der Waals surface area contributed by atoms with E-state index in [0.29, 0.717) is 24.1 Å². The van der Waals surface area contributed by atoms with Gasteiger partial charge < -0.3 is 14.2 Å². The second-order valence-electron chi connectivity index (χ2n) is 7.01. The number of pyridine rings is 1. The average molecular weight is 342 g/mol.